The first kappa shape index (κ1) is 13.0. The van der Waals surface area contributed by atoms with Crippen LogP contribution in [0.5, 0.6) is 0 Å². The smallest absolute Gasteiger partial charge is 0.248 e. The van der Waals surface area contributed by atoms with Crippen molar-refractivity contribution in [3.05, 3.63) is 45.6 Å². The first-order chi connectivity index (χ1) is 9.67. The first-order valence-corrected chi connectivity index (χ1v) is 7.18. The molecule has 0 radical (unpaired) electrons. The van der Waals surface area contributed by atoms with Crippen LogP contribution in [0.4, 0.5) is 5.69 Å². The number of nitrogens with one attached hydrogen (secondary N) is 2. The summed E-state index contributed by atoms with van der Waals surface area (Å²) in [6.45, 7) is 2.11. The van der Waals surface area contributed by atoms with Gasteiger partial charge in [0, 0.05) is 25.0 Å². The summed E-state index contributed by atoms with van der Waals surface area (Å²) in [5.74, 6) is 0. The van der Waals surface area contributed by atoms with Crippen molar-refractivity contribution in [1.29, 1.82) is 0 Å². The summed E-state index contributed by atoms with van der Waals surface area (Å²) in [6, 6.07) is 3.82. The number of fused-ring (bicyclic) bond motifs is 1. The summed E-state index contributed by atoms with van der Waals surface area (Å²) in [5, 5.41) is 8.05. The van der Waals surface area contributed by atoms with E-state index in [0.29, 0.717) is 0 Å². The summed E-state index contributed by atoms with van der Waals surface area (Å²) in [6.07, 6.45) is 6.06. The highest BCUT2D eigenvalue weighted by molar-refractivity contribution is 5.49. The molecule has 0 aliphatic heterocycles. The quantitative estimate of drug-likeness (QED) is 0.900. The maximum atomic E-state index is 11.4. The minimum absolute atomic E-state index is 0.0139. The highest BCUT2D eigenvalue weighted by Gasteiger charge is 2.22. The normalized spacial score (nSPS) is 17.8. The minimum Gasteiger partial charge on any atom is -0.375 e. The molecule has 2 aromatic heterocycles. The zero-order valence-electron chi connectivity index (χ0n) is 11.9. The second-order valence-corrected chi connectivity index (χ2v) is 5.36. The Balaban J connectivity index is 1.91. The van der Waals surface area contributed by atoms with E-state index >= 15 is 0 Å². The van der Waals surface area contributed by atoms with E-state index in [9.17, 15) is 4.79 Å². The number of hydrogen-bond donors (Lipinski definition) is 2. The molecule has 106 valence electrons. The molecule has 1 atom stereocenters. The van der Waals surface area contributed by atoms with Crippen LogP contribution in [0, 0.1) is 0 Å². The Labute approximate surface area is 118 Å². The summed E-state index contributed by atoms with van der Waals surface area (Å²) >= 11 is 0. The Morgan fingerprint density at radius 2 is 2.35 bits per heavy atom. The fourth-order valence-electron chi connectivity index (χ4n) is 2.95. The first-order valence-electron chi connectivity index (χ1n) is 7.18. The average Bonchev–Trinajstić information content (AvgIpc) is 2.78. The van der Waals surface area contributed by atoms with Gasteiger partial charge in [0.25, 0.3) is 0 Å². The summed E-state index contributed by atoms with van der Waals surface area (Å²) in [4.78, 5) is 14.4. The van der Waals surface area contributed by atoms with Crippen molar-refractivity contribution in [2.24, 2.45) is 7.05 Å². The number of H-pyrrole nitrogens is 1. The van der Waals surface area contributed by atoms with Crippen LogP contribution in [0.3, 0.4) is 0 Å². The van der Waals surface area contributed by atoms with Crippen molar-refractivity contribution in [1.82, 2.24) is 14.8 Å². The van der Waals surface area contributed by atoms with Gasteiger partial charge >= 0.3 is 0 Å². The molecule has 1 aliphatic carbocycles. The van der Waals surface area contributed by atoms with E-state index in [0.717, 1.165) is 42.8 Å². The Hall–Kier alpha value is -2.04. The lowest BCUT2D eigenvalue weighted by Crippen LogP contribution is -2.21. The molecule has 2 N–H and O–H groups in total. The number of nitrogens with zero attached hydrogens (tertiary/aromatic N) is 2. The molecule has 0 bridgehead atoms. The van der Waals surface area contributed by atoms with Crippen molar-refractivity contribution in [2.75, 3.05) is 5.32 Å². The van der Waals surface area contributed by atoms with Crippen LogP contribution in [-0.4, -0.2) is 14.8 Å². The van der Waals surface area contributed by atoms with Crippen molar-refractivity contribution >= 4 is 5.69 Å². The van der Waals surface area contributed by atoms with Gasteiger partial charge in [-0.15, -0.1) is 0 Å². The largest absolute Gasteiger partial charge is 0.375 e. The molecule has 1 unspecified atom stereocenters. The van der Waals surface area contributed by atoms with Gasteiger partial charge in [-0.3, -0.25) is 9.48 Å². The monoisotopic (exact) mass is 272 g/mol. The van der Waals surface area contributed by atoms with Crippen LogP contribution in [-0.2, 0) is 19.9 Å². The molecule has 0 saturated heterocycles. The zero-order chi connectivity index (χ0) is 14.1. The predicted molar refractivity (Wildman–Crippen MR) is 79.0 cm³/mol. The maximum Gasteiger partial charge on any atom is 0.248 e. The third-order valence-electron chi connectivity index (χ3n) is 3.90. The van der Waals surface area contributed by atoms with E-state index < -0.39 is 0 Å². The van der Waals surface area contributed by atoms with Crippen molar-refractivity contribution < 1.29 is 0 Å². The van der Waals surface area contributed by atoms with E-state index in [4.69, 9.17) is 0 Å². The van der Waals surface area contributed by atoms with Gasteiger partial charge in [-0.05, 0) is 37.3 Å². The van der Waals surface area contributed by atoms with Gasteiger partial charge in [-0.1, -0.05) is 6.92 Å². The number of anilines is 1. The van der Waals surface area contributed by atoms with E-state index in [1.807, 2.05) is 24.0 Å². The standard InChI is InChI=1S/C15H20N4O/c1-3-11-14(9-19(2)18-11)16-12-5-4-6-13-10(12)7-8-15(20)17-13/h7-9,12,16H,3-6H2,1-2H3,(H,17,20). The van der Waals surface area contributed by atoms with Gasteiger partial charge in [-0.25, -0.2) is 0 Å². The number of rotatable bonds is 3. The van der Waals surface area contributed by atoms with Crippen LogP contribution < -0.4 is 10.9 Å². The number of aromatic nitrogens is 3. The van der Waals surface area contributed by atoms with Crippen LogP contribution in [0.15, 0.2) is 23.1 Å². The van der Waals surface area contributed by atoms with Gasteiger partial charge in [0.15, 0.2) is 0 Å². The summed E-state index contributed by atoms with van der Waals surface area (Å²) in [5.41, 5.74) is 4.45. The van der Waals surface area contributed by atoms with E-state index in [-0.39, 0.29) is 11.6 Å². The molecule has 5 nitrogen and oxygen atoms in total. The molecular formula is C15H20N4O. The van der Waals surface area contributed by atoms with Crippen LogP contribution in [0.25, 0.3) is 0 Å². The summed E-state index contributed by atoms with van der Waals surface area (Å²) < 4.78 is 1.85. The van der Waals surface area contributed by atoms with Gasteiger partial charge in [0.1, 0.15) is 0 Å². The molecule has 2 heterocycles. The van der Waals surface area contributed by atoms with E-state index in [1.165, 1.54) is 5.56 Å². The van der Waals surface area contributed by atoms with Crippen LogP contribution >= 0.6 is 0 Å². The number of aromatic amines is 1. The summed E-state index contributed by atoms with van der Waals surface area (Å²) in [7, 11) is 1.94. The van der Waals surface area contributed by atoms with Gasteiger partial charge in [-0.2, -0.15) is 5.10 Å². The second-order valence-electron chi connectivity index (χ2n) is 5.36. The molecule has 0 spiro atoms. The lowest BCUT2D eigenvalue weighted by Gasteiger charge is -2.26. The topological polar surface area (TPSA) is 62.7 Å². The Morgan fingerprint density at radius 3 is 3.15 bits per heavy atom. The minimum atomic E-state index is -0.0139. The lowest BCUT2D eigenvalue weighted by atomic mass is 9.91. The molecule has 2 aromatic rings. The number of pyridine rings is 1. The molecule has 0 fully saturated rings. The Morgan fingerprint density at radius 1 is 1.50 bits per heavy atom. The lowest BCUT2D eigenvalue weighted by molar-refractivity contribution is 0.586. The Bertz CT molecular complexity index is 671. The molecule has 20 heavy (non-hydrogen) atoms. The molecule has 0 saturated carbocycles. The van der Waals surface area contributed by atoms with Crippen LogP contribution in [0.1, 0.15) is 42.8 Å². The molecule has 0 aromatic carbocycles. The maximum absolute atomic E-state index is 11.4. The number of hydrogen-bond acceptors (Lipinski definition) is 3. The zero-order valence-corrected chi connectivity index (χ0v) is 11.9. The van der Waals surface area contributed by atoms with Crippen molar-refractivity contribution in [2.45, 2.75) is 38.6 Å². The van der Waals surface area contributed by atoms with Crippen molar-refractivity contribution in [3.63, 3.8) is 0 Å². The molecular weight excluding hydrogens is 252 g/mol. The van der Waals surface area contributed by atoms with Gasteiger partial charge in [0.2, 0.25) is 5.56 Å². The molecule has 5 heteroatoms. The highest BCUT2D eigenvalue weighted by Crippen LogP contribution is 2.31. The van der Waals surface area contributed by atoms with Gasteiger partial charge < -0.3 is 10.3 Å². The predicted octanol–water partition coefficient (Wildman–Crippen LogP) is 2.16. The SMILES string of the molecule is CCc1nn(C)cc1NC1CCCc2[nH]c(=O)ccc21. The molecule has 0 amide bonds. The Kier molecular flexibility index (Phi) is 3.34. The highest BCUT2D eigenvalue weighted by atomic mass is 16.1. The molecule has 1 aliphatic rings. The average molecular weight is 272 g/mol. The third kappa shape index (κ3) is 2.35. The van der Waals surface area contributed by atoms with E-state index in [2.05, 4.69) is 22.3 Å². The van der Waals surface area contributed by atoms with Crippen molar-refractivity contribution in [3.8, 4) is 0 Å². The van der Waals surface area contributed by atoms with Gasteiger partial charge in [0.05, 0.1) is 17.4 Å². The fourth-order valence-corrected chi connectivity index (χ4v) is 2.95. The van der Waals surface area contributed by atoms with E-state index in [1.54, 1.807) is 6.07 Å². The van der Waals surface area contributed by atoms with Crippen LogP contribution in [0.2, 0.25) is 0 Å². The fraction of sp³-hybridized carbons (Fsp3) is 0.467. The molecule has 3 rings (SSSR count). The number of aryl methyl sites for hydroxylation is 3. The third-order valence-corrected chi connectivity index (χ3v) is 3.90. The second kappa shape index (κ2) is 5.15.